The number of aromatic nitrogens is 1. The van der Waals surface area contributed by atoms with Crippen LogP contribution in [0.4, 0.5) is 5.69 Å². The van der Waals surface area contributed by atoms with Gasteiger partial charge in [0.15, 0.2) is 11.6 Å². The molecular formula is C30H33N5O5. The van der Waals surface area contributed by atoms with Crippen molar-refractivity contribution < 1.29 is 24.0 Å². The maximum atomic E-state index is 12.9. The van der Waals surface area contributed by atoms with Crippen molar-refractivity contribution >= 4 is 35.0 Å². The first-order valence-electron chi connectivity index (χ1n) is 13.2. The Hall–Kier alpha value is -4.57. The van der Waals surface area contributed by atoms with Gasteiger partial charge in [-0.05, 0) is 57.7 Å². The van der Waals surface area contributed by atoms with E-state index in [9.17, 15) is 24.0 Å². The van der Waals surface area contributed by atoms with Crippen molar-refractivity contribution in [3.8, 4) is 0 Å². The molecule has 0 spiro atoms. The van der Waals surface area contributed by atoms with Gasteiger partial charge < -0.3 is 25.4 Å². The quantitative estimate of drug-likeness (QED) is 0.250. The van der Waals surface area contributed by atoms with Gasteiger partial charge in [0.2, 0.25) is 5.91 Å². The molecule has 0 radical (unpaired) electrons. The molecule has 0 aliphatic heterocycles. The van der Waals surface area contributed by atoms with Crippen molar-refractivity contribution in [2.45, 2.75) is 19.3 Å². The van der Waals surface area contributed by atoms with Crippen molar-refractivity contribution in [3.63, 3.8) is 0 Å². The summed E-state index contributed by atoms with van der Waals surface area (Å²) in [5.74, 6) is -1.38. The van der Waals surface area contributed by atoms with Gasteiger partial charge in [-0.25, -0.2) is 0 Å². The van der Waals surface area contributed by atoms with E-state index in [2.05, 4.69) is 16.0 Å². The normalized spacial score (nSPS) is 12.1. The van der Waals surface area contributed by atoms with E-state index in [1.165, 1.54) is 18.2 Å². The molecule has 0 fully saturated rings. The maximum absolute atomic E-state index is 12.9. The summed E-state index contributed by atoms with van der Waals surface area (Å²) in [4.78, 5) is 65.2. The maximum Gasteiger partial charge on any atom is 0.267 e. The summed E-state index contributed by atoms with van der Waals surface area (Å²) in [6.45, 7) is 1.68. The van der Waals surface area contributed by atoms with Crippen LogP contribution in [0.5, 0.6) is 0 Å². The zero-order valence-corrected chi connectivity index (χ0v) is 22.9. The molecule has 3 amide bonds. The minimum Gasteiger partial charge on any atom is -0.352 e. The van der Waals surface area contributed by atoms with Crippen molar-refractivity contribution in [3.05, 3.63) is 88.2 Å². The number of fused-ring (bicyclic) bond motifs is 2. The molecule has 10 heteroatoms. The van der Waals surface area contributed by atoms with Crippen LogP contribution in [0.3, 0.4) is 0 Å². The number of rotatable bonds is 11. The second kappa shape index (κ2) is 12.5. The van der Waals surface area contributed by atoms with Crippen LogP contribution < -0.4 is 16.0 Å². The van der Waals surface area contributed by atoms with E-state index in [-0.39, 0.29) is 53.0 Å². The smallest absolute Gasteiger partial charge is 0.267 e. The lowest BCUT2D eigenvalue weighted by Gasteiger charge is -2.17. The van der Waals surface area contributed by atoms with E-state index >= 15 is 0 Å². The Labute approximate surface area is 232 Å². The third-order valence-electron chi connectivity index (χ3n) is 6.64. The van der Waals surface area contributed by atoms with Crippen LogP contribution in [0.1, 0.15) is 72.0 Å². The molecule has 2 aromatic carbocycles. The Morgan fingerprint density at radius 1 is 0.800 bits per heavy atom. The number of amides is 3. The SMILES string of the molecule is CN(C)CCCNC(=O)c1cc(NC(=O)CCCNC(=O)c2ccc3c(c2)C(=O)c2ccccc2C3=O)cn1C. The highest BCUT2D eigenvalue weighted by Gasteiger charge is 2.29. The first-order chi connectivity index (χ1) is 19.2. The van der Waals surface area contributed by atoms with Crippen molar-refractivity contribution in [2.24, 2.45) is 7.05 Å². The first-order valence-corrected chi connectivity index (χ1v) is 13.2. The minimum atomic E-state index is -0.397. The van der Waals surface area contributed by atoms with Crippen LogP contribution in [-0.2, 0) is 11.8 Å². The van der Waals surface area contributed by atoms with E-state index in [4.69, 9.17) is 0 Å². The third-order valence-corrected chi connectivity index (χ3v) is 6.64. The summed E-state index contributed by atoms with van der Waals surface area (Å²) in [5.41, 5.74) is 2.41. The fourth-order valence-electron chi connectivity index (χ4n) is 4.56. The van der Waals surface area contributed by atoms with Crippen LogP contribution in [0, 0.1) is 0 Å². The molecule has 208 valence electrons. The van der Waals surface area contributed by atoms with E-state index in [1.54, 1.807) is 48.1 Å². The minimum absolute atomic E-state index is 0.162. The monoisotopic (exact) mass is 543 g/mol. The lowest BCUT2D eigenvalue weighted by atomic mass is 9.83. The second-order valence-corrected chi connectivity index (χ2v) is 10.0. The average molecular weight is 544 g/mol. The highest BCUT2D eigenvalue weighted by Crippen LogP contribution is 2.27. The fourth-order valence-corrected chi connectivity index (χ4v) is 4.56. The largest absolute Gasteiger partial charge is 0.352 e. The predicted octanol–water partition coefficient (Wildman–Crippen LogP) is 2.63. The molecule has 10 nitrogen and oxygen atoms in total. The predicted molar refractivity (Wildman–Crippen MR) is 151 cm³/mol. The molecule has 4 rings (SSSR count). The number of hydrogen-bond acceptors (Lipinski definition) is 6. The Balaban J connectivity index is 1.24. The van der Waals surface area contributed by atoms with Crippen LogP contribution in [0.25, 0.3) is 0 Å². The molecule has 1 heterocycles. The molecule has 3 aromatic rings. The molecule has 40 heavy (non-hydrogen) atoms. The second-order valence-electron chi connectivity index (χ2n) is 10.0. The summed E-state index contributed by atoms with van der Waals surface area (Å²) in [7, 11) is 5.69. The number of nitrogens with zero attached hydrogens (tertiary/aromatic N) is 2. The highest BCUT2D eigenvalue weighted by molar-refractivity contribution is 6.28. The molecule has 0 saturated heterocycles. The van der Waals surface area contributed by atoms with Gasteiger partial charge in [0.25, 0.3) is 11.8 Å². The van der Waals surface area contributed by atoms with Crippen LogP contribution in [-0.4, -0.2) is 72.5 Å². The fraction of sp³-hybridized carbons (Fsp3) is 0.300. The third kappa shape index (κ3) is 6.52. The summed E-state index contributed by atoms with van der Waals surface area (Å²) in [6, 6.07) is 12.7. The molecule has 0 saturated carbocycles. The number of hydrogen-bond donors (Lipinski definition) is 3. The Kier molecular flexibility index (Phi) is 8.90. The first kappa shape index (κ1) is 28.4. The Bertz CT molecular complexity index is 1470. The zero-order chi connectivity index (χ0) is 28.8. The topological polar surface area (TPSA) is 130 Å². The molecule has 0 bridgehead atoms. The van der Waals surface area contributed by atoms with Crippen molar-refractivity contribution in [1.82, 2.24) is 20.1 Å². The molecule has 0 atom stereocenters. The van der Waals surface area contributed by atoms with Crippen LogP contribution >= 0.6 is 0 Å². The Morgan fingerprint density at radius 2 is 1.43 bits per heavy atom. The number of ketones is 2. The van der Waals surface area contributed by atoms with Gasteiger partial charge in [0, 0.05) is 60.6 Å². The lowest BCUT2D eigenvalue weighted by Crippen LogP contribution is -2.28. The number of nitrogens with one attached hydrogen (secondary N) is 3. The van der Waals surface area contributed by atoms with Gasteiger partial charge >= 0.3 is 0 Å². The average Bonchev–Trinajstić information content (AvgIpc) is 3.31. The number of carbonyl (C=O) groups is 5. The van der Waals surface area contributed by atoms with E-state index in [1.807, 2.05) is 19.0 Å². The number of carbonyl (C=O) groups excluding carboxylic acids is 5. The number of anilines is 1. The molecule has 1 aliphatic carbocycles. The zero-order valence-electron chi connectivity index (χ0n) is 22.9. The summed E-state index contributed by atoms with van der Waals surface area (Å²) >= 11 is 0. The van der Waals surface area contributed by atoms with Crippen molar-refractivity contribution in [2.75, 3.05) is 39.0 Å². The molecule has 0 unspecified atom stereocenters. The van der Waals surface area contributed by atoms with Gasteiger partial charge in [-0.3, -0.25) is 24.0 Å². The molecule has 1 aliphatic rings. The molecule has 1 aromatic heterocycles. The van der Waals surface area contributed by atoms with Gasteiger partial charge in [0.05, 0.1) is 5.69 Å². The Morgan fingerprint density at radius 3 is 2.12 bits per heavy atom. The van der Waals surface area contributed by atoms with E-state index < -0.39 is 5.91 Å². The molecular weight excluding hydrogens is 510 g/mol. The summed E-state index contributed by atoms with van der Waals surface area (Å²) < 4.78 is 1.66. The van der Waals surface area contributed by atoms with Crippen LogP contribution in [0.2, 0.25) is 0 Å². The number of aryl methyl sites for hydroxylation is 1. The lowest BCUT2D eigenvalue weighted by molar-refractivity contribution is -0.116. The van der Waals surface area contributed by atoms with Gasteiger partial charge in [0.1, 0.15) is 5.69 Å². The summed E-state index contributed by atoms with van der Waals surface area (Å²) in [6.07, 6.45) is 3.06. The van der Waals surface area contributed by atoms with Crippen molar-refractivity contribution in [1.29, 1.82) is 0 Å². The van der Waals surface area contributed by atoms with E-state index in [0.717, 1.165) is 13.0 Å². The van der Waals surface area contributed by atoms with Gasteiger partial charge in [-0.1, -0.05) is 24.3 Å². The van der Waals surface area contributed by atoms with Crippen LogP contribution in [0.15, 0.2) is 54.7 Å². The van der Waals surface area contributed by atoms with E-state index in [0.29, 0.717) is 35.5 Å². The molecule has 3 N–H and O–H groups in total. The highest BCUT2D eigenvalue weighted by atomic mass is 16.2. The van der Waals surface area contributed by atoms with Gasteiger partial charge in [-0.15, -0.1) is 0 Å². The number of benzene rings is 2. The standard InChI is InChI=1S/C30H33N5O5/c1-34(2)15-7-14-32-30(40)25-17-20(18-35(25)3)33-26(36)10-6-13-31-29(39)19-11-12-23-24(16-19)28(38)22-9-5-4-8-21(22)27(23)37/h4-5,8-9,11-12,16-18H,6-7,10,13-15H2,1-3H3,(H,31,39)(H,32,40)(H,33,36). The van der Waals surface area contributed by atoms with Gasteiger partial charge in [-0.2, -0.15) is 0 Å². The summed E-state index contributed by atoms with van der Waals surface area (Å²) in [5, 5.41) is 8.42.